The van der Waals surface area contributed by atoms with Crippen molar-refractivity contribution in [2.24, 2.45) is 0 Å². The van der Waals surface area contributed by atoms with Crippen LogP contribution in [-0.4, -0.2) is 14.8 Å². The summed E-state index contributed by atoms with van der Waals surface area (Å²) in [4.78, 5) is 4.48. The number of aromatic nitrogens is 3. The van der Waals surface area contributed by atoms with Crippen molar-refractivity contribution in [3.05, 3.63) is 66.5 Å². The molecule has 0 saturated carbocycles. The van der Waals surface area contributed by atoms with Gasteiger partial charge in [0.25, 0.3) is 0 Å². The van der Waals surface area contributed by atoms with Gasteiger partial charge < -0.3 is 0 Å². The normalized spacial score (nSPS) is 11.2. The van der Waals surface area contributed by atoms with Gasteiger partial charge in [-0.25, -0.2) is 4.68 Å². The van der Waals surface area contributed by atoms with Crippen LogP contribution in [0, 0.1) is 6.92 Å². The number of nitrogens with zero attached hydrogens (tertiary/aromatic N) is 3. The first-order valence-electron chi connectivity index (χ1n) is 6.63. The van der Waals surface area contributed by atoms with E-state index in [4.69, 9.17) is 0 Å². The van der Waals surface area contributed by atoms with Crippen molar-refractivity contribution in [3.8, 4) is 5.69 Å². The lowest BCUT2D eigenvalue weighted by atomic mass is 10.1. The number of para-hydroxylation sites is 2. The van der Waals surface area contributed by atoms with E-state index in [9.17, 15) is 0 Å². The summed E-state index contributed by atoms with van der Waals surface area (Å²) in [6.45, 7) is 2.11. The van der Waals surface area contributed by atoms with Crippen LogP contribution < -0.4 is 0 Å². The Kier molecular flexibility index (Phi) is 2.33. The molecule has 0 saturated heterocycles. The van der Waals surface area contributed by atoms with Crippen LogP contribution in [0.4, 0.5) is 0 Å². The van der Waals surface area contributed by atoms with Gasteiger partial charge in [0.1, 0.15) is 5.52 Å². The highest BCUT2D eigenvalue weighted by Crippen LogP contribution is 2.27. The smallest absolute Gasteiger partial charge is 0.112 e. The van der Waals surface area contributed by atoms with Crippen LogP contribution in [0.2, 0.25) is 0 Å². The highest BCUT2D eigenvalue weighted by atomic mass is 15.3. The van der Waals surface area contributed by atoms with E-state index < -0.39 is 0 Å². The van der Waals surface area contributed by atoms with Gasteiger partial charge in [0, 0.05) is 16.5 Å². The van der Waals surface area contributed by atoms with E-state index in [0.29, 0.717) is 0 Å². The summed E-state index contributed by atoms with van der Waals surface area (Å²) in [7, 11) is 0. The predicted molar refractivity (Wildman–Crippen MR) is 81.1 cm³/mol. The summed E-state index contributed by atoms with van der Waals surface area (Å²) in [5, 5.41) is 7.02. The molecule has 0 spiro atoms. The molecule has 96 valence electrons. The monoisotopic (exact) mass is 259 g/mol. The van der Waals surface area contributed by atoms with Crippen LogP contribution in [0.15, 0.2) is 60.8 Å². The lowest BCUT2D eigenvalue weighted by Crippen LogP contribution is -1.97. The summed E-state index contributed by atoms with van der Waals surface area (Å²) in [5.41, 5.74) is 4.16. The average molecular weight is 259 g/mol. The van der Waals surface area contributed by atoms with E-state index in [1.54, 1.807) is 0 Å². The number of hydrogen-bond acceptors (Lipinski definition) is 2. The first-order valence-corrected chi connectivity index (χ1v) is 6.63. The Bertz CT molecular complexity index is 907. The van der Waals surface area contributed by atoms with Crippen molar-refractivity contribution in [3.63, 3.8) is 0 Å². The molecule has 0 atom stereocenters. The highest BCUT2D eigenvalue weighted by molar-refractivity contribution is 6.05. The summed E-state index contributed by atoms with van der Waals surface area (Å²) in [5.74, 6) is 0. The minimum absolute atomic E-state index is 0.935. The molecule has 0 N–H and O–H groups in total. The maximum atomic E-state index is 4.69. The molecule has 0 aliphatic rings. The minimum atomic E-state index is 0.935. The molecular formula is C17H13N3. The third-order valence-electron chi connectivity index (χ3n) is 3.64. The molecule has 2 aromatic heterocycles. The molecule has 0 aliphatic carbocycles. The average Bonchev–Trinajstić information content (AvgIpc) is 2.86. The number of aryl methyl sites for hydroxylation is 1. The van der Waals surface area contributed by atoms with E-state index in [2.05, 4.69) is 35.2 Å². The van der Waals surface area contributed by atoms with Gasteiger partial charge in [0.05, 0.1) is 17.4 Å². The molecule has 2 aromatic carbocycles. The van der Waals surface area contributed by atoms with Crippen molar-refractivity contribution < 1.29 is 0 Å². The van der Waals surface area contributed by atoms with Crippen molar-refractivity contribution in [1.82, 2.24) is 14.8 Å². The van der Waals surface area contributed by atoms with Gasteiger partial charge in [-0.2, -0.15) is 5.10 Å². The van der Waals surface area contributed by atoms with E-state index in [1.807, 2.05) is 47.3 Å². The third-order valence-corrected chi connectivity index (χ3v) is 3.64. The van der Waals surface area contributed by atoms with E-state index in [0.717, 1.165) is 27.8 Å². The lowest BCUT2D eigenvalue weighted by molar-refractivity contribution is 0.860. The zero-order valence-corrected chi connectivity index (χ0v) is 11.1. The van der Waals surface area contributed by atoms with Gasteiger partial charge in [0.2, 0.25) is 0 Å². The van der Waals surface area contributed by atoms with Gasteiger partial charge in [-0.3, -0.25) is 4.98 Å². The molecule has 0 aliphatic heterocycles. The molecule has 2 heterocycles. The molecule has 0 fully saturated rings. The van der Waals surface area contributed by atoms with Crippen molar-refractivity contribution in [2.45, 2.75) is 6.92 Å². The highest BCUT2D eigenvalue weighted by Gasteiger charge is 2.12. The van der Waals surface area contributed by atoms with E-state index in [1.165, 1.54) is 5.39 Å². The zero-order valence-electron chi connectivity index (χ0n) is 11.1. The second kappa shape index (κ2) is 4.17. The summed E-state index contributed by atoms with van der Waals surface area (Å²) < 4.78 is 1.98. The maximum Gasteiger partial charge on any atom is 0.112 e. The first kappa shape index (κ1) is 11.2. The molecular weight excluding hydrogens is 246 g/mol. The molecule has 3 heteroatoms. The molecule has 0 unspecified atom stereocenters. The Balaban J connectivity index is 2.11. The quantitative estimate of drug-likeness (QED) is 0.519. The fourth-order valence-corrected chi connectivity index (χ4v) is 2.70. The third kappa shape index (κ3) is 1.53. The molecule has 0 radical (unpaired) electrons. The SMILES string of the molecule is Cc1c2c(cnc3ccccc32)nn1-c1ccccc1. The predicted octanol–water partition coefficient (Wildman–Crippen LogP) is 3.88. The molecule has 0 amide bonds. The summed E-state index contributed by atoms with van der Waals surface area (Å²) in [6.07, 6.45) is 1.85. The first-order chi connectivity index (χ1) is 9.84. The minimum Gasteiger partial charge on any atom is -0.254 e. The number of benzene rings is 2. The van der Waals surface area contributed by atoms with Gasteiger partial charge in [-0.15, -0.1) is 0 Å². The summed E-state index contributed by atoms with van der Waals surface area (Å²) in [6, 6.07) is 18.4. The maximum absolute atomic E-state index is 4.69. The standard InChI is InChI=1S/C17H13N3/c1-12-17-14-9-5-6-10-15(14)18-11-16(17)19-20(12)13-7-3-2-4-8-13/h2-11H,1H3. The van der Waals surface area contributed by atoms with Crippen molar-refractivity contribution >= 4 is 21.8 Å². The van der Waals surface area contributed by atoms with Crippen molar-refractivity contribution in [1.29, 1.82) is 0 Å². The number of rotatable bonds is 1. The van der Waals surface area contributed by atoms with Gasteiger partial charge in [0.15, 0.2) is 0 Å². The lowest BCUT2D eigenvalue weighted by Gasteiger charge is -2.03. The Hall–Kier alpha value is -2.68. The molecule has 4 rings (SSSR count). The van der Waals surface area contributed by atoms with Crippen LogP contribution in [0.3, 0.4) is 0 Å². The fourth-order valence-electron chi connectivity index (χ4n) is 2.70. The molecule has 4 aromatic rings. The van der Waals surface area contributed by atoms with Crippen LogP contribution in [-0.2, 0) is 0 Å². The Morgan fingerprint density at radius 1 is 0.850 bits per heavy atom. The fraction of sp³-hybridized carbons (Fsp3) is 0.0588. The van der Waals surface area contributed by atoms with Crippen LogP contribution >= 0.6 is 0 Å². The Morgan fingerprint density at radius 3 is 2.45 bits per heavy atom. The topological polar surface area (TPSA) is 30.7 Å². The number of pyridine rings is 1. The van der Waals surface area contributed by atoms with E-state index >= 15 is 0 Å². The summed E-state index contributed by atoms with van der Waals surface area (Å²) >= 11 is 0. The van der Waals surface area contributed by atoms with Gasteiger partial charge in [-0.05, 0) is 25.1 Å². The van der Waals surface area contributed by atoms with Crippen LogP contribution in [0.5, 0.6) is 0 Å². The van der Waals surface area contributed by atoms with Gasteiger partial charge in [-0.1, -0.05) is 36.4 Å². The second-order valence-electron chi connectivity index (χ2n) is 4.87. The molecule has 3 nitrogen and oxygen atoms in total. The van der Waals surface area contributed by atoms with Gasteiger partial charge >= 0.3 is 0 Å². The van der Waals surface area contributed by atoms with Crippen molar-refractivity contribution in [2.75, 3.05) is 0 Å². The van der Waals surface area contributed by atoms with Crippen LogP contribution in [0.25, 0.3) is 27.5 Å². The Morgan fingerprint density at radius 2 is 1.60 bits per heavy atom. The largest absolute Gasteiger partial charge is 0.254 e. The number of fused-ring (bicyclic) bond motifs is 3. The molecule has 0 bridgehead atoms. The molecule has 20 heavy (non-hydrogen) atoms. The number of hydrogen-bond donors (Lipinski definition) is 0. The van der Waals surface area contributed by atoms with E-state index in [-0.39, 0.29) is 0 Å². The zero-order chi connectivity index (χ0) is 13.5. The second-order valence-corrected chi connectivity index (χ2v) is 4.87. The van der Waals surface area contributed by atoms with Crippen LogP contribution in [0.1, 0.15) is 5.69 Å². The Labute approximate surface area is 116 Å².